The van der Waals surface area contributed by atoms with Crippen molar-refractivity contribution >= 4 is 27.4 Å². The van der Waals surface area contributed by atoms with E-state index in [9.17, 15) is 13.2 Å². The minimum atomic E-state index is -3.47. The molecule has 3 heterocycles. The highest BCUT2D eigenvalue weighted by Gasteiger charge is 2.27. The number of sulfonamides is 1. The Balaban J connectivity index is 1.32. The van der Waals surface area contributed by atoms with Crippen LogP contribution >= 0.6 is 0 Å². The first-order chi connectivity index (χ1) is 15.4. The molecule has 0 bridgehead atoms. The Morgan fingerprint density at radius 1 is 0.938 bits per heavy atom. The van der Waals surface area contributed by atoms with Crippen LogP contribution in [0, 0.1) is 0 Å². The maximum Gasteiger partial charge on any atom is 0.243 e. The zero-order valence-corrected chi connectivity index (χ0v) is 19.3. The molecule has 1 amide bonds. The first-order valence-electron chi connectivity index (χ1n) is 11.3. The van der Waals surface area contributed by atoms with Crippen LogP contribution in [0.15, 0.2) is 53.6 Å². The Labute approximate surface area is 190 Å². The van der Waals surface area contributed by atoms with Gasteiger partial charge in [-0.25, -0.2) is 13.4 Å². The van der Waals surface area contributed by atoms with E-state index in [4.69, 9.17) is 0 Å². The molecule has 1 aromatic carbocycles. The summed E-state index contributed by atoms with van der Waals surface area (Å²) in [5.74, 6) is 0.867. The van der Waals surface area contributed by atoms with E-state index in [1.54, 1.807) is 34.8 Å². The van der Waals surface area contributed by atoms with Crippen LogP contribution in [0.25, 0.3) is 0 Å². The third kappa shape index (κ3) is 5.11. The van der Waals surface area contributed by atoms with Crippen LogP contribution in [0.3, 0.4) is 0 Å². The van der Waals surface area contributed by atoms with Gasteiger partial charge in [-0.15, -0.1) is 0 Å². The molecule has 0 radical (unpaired) electrons. The monoisotopic (exact) mass is 457 g/mol. The topological polar surface area (TPSA) is 85.8 Å². The third-order valence-corrected chi connectivity index (χ3v) is 8.20. The van der Waals surface area contributed by atoms with Crippen molar-refractivity contribution in [3.05, 3.63) is 48.7 Å². The Morgan fingerprint density at radius 3 is 2.25 bits per heavy atom. The van der Waals surface area contributed by atoms with Gasteiger partial charge in [0.2, 0.25) is 15.9 Å². The van der Waals surface area contributed by atoms with Crippen LogP contribution in [-0.2, 0) is 14.8 Å². The van der Waals surface area contributed by atoms with Crippen LogP contribution in [0.5, 0.6) is 0 Å². The van der Waals surface area contributed by atoms with Crippen molar-refractivity contribution in [2.45, 2.75) is 37.1 Å². The summed E-state index contributed by atoms with van der Waals surface area (Å²) in [6.45, 7) is 6.24. The lowest BCUT2D eigenvalue weighted by atomic mass is 10.2. The molecule has 8 nitrogen and oxygen atoms in total. The Kier molecular flexibility index (Phi) is 7.07. The van der Waals surface area contributed by atoms with Crippen LogP contribution in [-0.4, -0.2) is 73.8 Å². The van der Waals surface area contributed by atoms with Gasteiger partial charge in [0.1, 0.15) is 5.82 Å². The molecular weight excluding hydrogens is 426 g/mol. The van der Waals surface area contributed by atoms with Crippen molar-refractivity contribution in [2.75, 3.05) is 49.5 Å². The molecule has 172 valence electrons. The van der Waals surface area contributed by atoms with E-state index < -0.39 is 10.0 Å². The molecule has 2 saturated heterocycles. The average Bonchev–Trinajstić information content (AvgIpc) is 2.85. The maximum absolute atomic E-state index is 12.8. The van der Waals surface area contributed by atoms with E-state index in [-0.39, 0.29) is 16.8 Å². The summed E-state index contributed by atoms with van der Waals surface area (Å²) < 4.78 is 27.1. The lowest BCUT2D eigenvalue weighted by Gasteiger charge is -2.37. The molecule has 1 N–H and O–H groups in total. The van der Waals surface area contributed by atoms with Gasteiger partial charge in [0.25, 0.3) is 0 Å². The molecule has 1 aromatic heterocycles. The largest absolute Gasteiger partial charge is 0.354 e. The fourth-order valence-corrected chi connectivity index (χ4v) is 5.77. The molecule has 2 aromatic rings. The number of nitrogens with one attached hydrogen (secondary N) is 1. The van der Waals surface area contributed by atoms with Gasteiger partial charge in [0, 0.05) is 51.2 Å². The number of hydrogen-bond acceptors (Lipinski definition) is 6. The fraction of sp³-hybridized carbons (Fsp3) is 0.478. The maximum atomic E-state index is 12.8. The molecule has 2 fully saturated rings. The number of anilines is 2. The van der Waals surface area contributed by atoms with E-state index in [1.807, 2.05) is 25.1 Å². The third-order valence-electron chi connectivity index (χ3n) is 6.29. The van der Waals surface area contributed by atoms with E-state index in [1.165, 1.54) is 0 Å². The van der Waals surface area contributed by atoms with Crippen molar-refractivity contribution in [3.8, 4) is 0 Å². The number of carbonyl (C=O) groups excluding carboxylic acids is 1. The number of piperidine rings is 1. The Hall–Kier alpha value is -2.49. The zero-order valence-electron chi connectivity index (χ0n) is 18.5. The number of carbonyl (C=O) groups is 1. The second-order valence-electron chi connectivity index (χ2n) is 8.37. The summed E-state index contributed by atoms with van der Waals surface area (Å²) in [7, 11) is -3.47. The van der Waals surface area contributed by atoms with E-state index in [0.717, 1.165) is 51.3 Å². The van der Waals surface area contributed by atoms with Gasteiger partial charge in [0.05, 0.1) is 10.9 Å². The predicted molar refractivity (Wildman–Crippen MR) is 125 cm³/mol. The summed E-state index contributed by atoms with van der Waals surface area (Å²) in [6, 6.07) is 12.1. The van der Waals surface area contributed by atoms with Crippen molar-refractivity contribution in [1.29, 1.82) is 0 Å². The number of benzene rings is 1. The molecule has 9 heteroatoms. The molecular formula is C23H31N5O3S. The number of hydrogen-bond donors (Lipinski definition) is 1. The second-order valence-corrected chi connectivity index (χ2v) is 10.3. The number of pyridine rings is 1. The number of nitrogens with zero attached hydrogens (tertiary/aromatic N) is 4. The molecule has 1 atom stereocenters. The van der Waals surface area contributed by atoms with Crippen LogP contribution in [0.4, 0.5) is 11.5 Å². The minimum Gasteiger partial charge on any atom is -0.354 e. The van der Waals surface area contributed by atoms with Gasteiger partial charge < -0.3 is 10.2 Å². The Morgan fingerprint density at radius 2 is 1.62 bits per heavy atom. The predicted octanol–water partition coefficient (Wildman–Crippen LogP) is 2.41. The van der Waals surface area contributed by atoms with Gasteiger partial charge in [-0.3, -0.25) is 9.69 Å². The standard InChI is InChI=1S/C23H31N5O3S/c1-19(26-15-17-27(18-16-26)22-7-3-4-12-24-22)23(29)25-20-8-10-21(11-9-20)32(30,31)28-13-5-2-6-14-28/h3-4,7-12,19H,2,5-6,13-18H2,1H3,(H,25,29)/t19-/m1/s1. The Bertz CT molecular complexity index is 1000. The normalized spacial score (nSPS) is 19.5. The van der Waals surface area contributed by atoms with E-state index >= 15 is 0 Å². The van der Waals surface area contributed by atoms with Crippen molar-refractivity contribution in [1.82, 2.24) is 14.2 Å². The highest BCUT2D eigenvalue weighted by Crippen LogP contribution is 2.22. The molecule has 0 saturated carbocycles. The van der Waals surface area contributed by atoms with Gasteiger partial charge in [-0.1, -0.05) is 12.5 Å². The number of amides is 1. The quantitative estimate of drug-likeness (QED) is 0.717. The van der Waals surface area contributed by atoms with Gasteiger partial charge in [-0.05, 0) is 56.2 Å². The molecule has 4 rings (SSSR count). The second kappa shape index (κ2) is 9.97. The molecule has 2 aliphatic heterocycles. The van der Waals surface area contributed by atoms with Crippen LogP contribution in [0.2, 0.25) is 0 Å². The van der Waals surface area contributed by atoms with Crippen LogP contribution in [0.1, 0.15) is 26.2 Å². The lowest BCUT2D eigenvalue weighted by molar-refractivity contribution is -0.120. The van der Waals surface area contributed by atoms with E-state index in [0.29, 0.717) is 18.8 Å². The van der Waals surface area contributed by atoms with Gasteiger partial charge in [-0.2, -0.15) is 4.31 Å². The summed E-state index contributed by atoms with van der Waals surface area (Å²) in [4.78, 5) is 21.8. The van der Waals surface area contributed by atoms with Crippen LogP contribution < -0.4 is 10.2 Å². The molecule has 2 aliphatic rings. The molecule has 0 spiro atoms. The fourth-order valence-electron chi connectivity index (χ4n) is 4.26. The molecule has 0 unspecified atom stereocenters. The van der Waals surface area contributed by atoms with Crippen molar-refractivity contribution < 1.29 is 13.2 Å². The van der Waals surface area contributed by atoms with Gasteiger partial charge in [0.15, 0.2) is 0 Å². The number of piperazine rings is 1. The van der Waals surface area contributed by atoms with Crippen molar-refractivity contribution in [2.24, 2.45) is 0 Å². The minimum absolute atomic E-state index is 0.0945. The smallest absolute Gasteiger partial charge is 0.243 e. The SMILES string of the molecule is C[C@H](C(=O)Nc1ccc(S(=O)(=O)N2CCCCC2)cc1)N1CCN(c2ccccn2)CC1. The zero-order chi connectivity index (χ0) is 22.6. The number of aromatic nitrogens is 1. The first-order valence-corrected chi connectivity index (χ1v) is 12.7. The number of rotatable bonds is 6. The summed E-state index contributed by atoms with van der Waals surface area (Å²) in [5.41, 5.74) is 0.603. The molecule has 0 aliphatic carbocycles. The lowest BCUT2D eigenvalue weighted by Crippen LogP contribution is -2.53. The first kappa shape index (κ1) is 22.7. The van der Waals surface area contributed by atoms with E-state index in [2.05, 4.69) is 20.1 Å². The van der Waals surface area contributed by atoms with Crippen molar-refractivity contribution in [3.63, 3.8) is 0 Å². The summed E-state index contributed by atoms with van der Waals surface area (Å²) in [5, 5.41) is 2.93. The summed E-state index contributed by atoms with van der Waals surface area (Å²) >= 11 is 0. The average molecular weight is 458 g/mol. The highest BCUT2D eigenvalue weighted by atomic mass is 32.2. The summed E-state index contributed by atoms with van der Waals surface area (Å²) in [6.07, 6.45) is 4.68. The van der Waals surface area contributed by atoms with Gasteiger partial charge >= 0.3 is 0 Å². The highest BCUT2D eigenvalue weighted by molar-refractivity contribution is 7.89. The molecule has 32 heavy (non-hydrogen) atoms.